The van der Waals surface area contributed by atoms with Crippen molar-refractivity contribution < 1.29 is 0 Å². The lowest BCUT2D eigenvalue weighted by Crippen LogP contribution is -2.57. The summed E-state index contributed by atoms with van der Waals surface area (Å²) in [5, 5.41) is 3.20. The molecule has 114 valence electrons. The molecule has 1 saturated heterocycles. The van der Waals surface area contributed by atoms with Gasteiger partial charge in [0.1, 0.15) is 0 Å². The number of rotatable bonds is 2. The van der Waals surface area contributed by atoms with Crippen molar-refractivity contribution in [1.29, 1.82) is 0 Å². The molecule has 0 saturated carbocycles. The van der Waals surface area contributed by atoms with Crippen LogP contribution in [0.15, 0.2) is 41.9 Å². The van der Waals surface area contributed by atoms with Crippen LogP contribution in [-0.4, -0.2) is 30.2 Å². The SMILES string of the molecule is CC.CC1CN(c2ccccc2)CC(C)N1c1nccs1. The zero-order chi connectivity index (χ0) is 15.2. The van der Waals surface area contributed by atoms with Crippen molar-refractivity contribution in [1.82, 2.24) is 4.98 Å². The lowest BCUT2D eigenvalue weighted by atomic mass is 10.1. The number of hydrogen-bond acceptors (Lipinski definition) is 4. The van der Waals surface area contributed by atoms with Gasteiger partial charge in [-0.1, -0.05) is 32.0 Å². The van der Waals surface area contributed by atoms with E-state index < -0.39 is 0 Å². The van der Waals surface area contributed by atoms with Crippen LogP contribution in [0.3, 0.4) is 0 Å². The number of para-hydroxylation sites is 1. The Morgan fingerprint density at radius 1 is 1.05 bits per heavy atom. The van der Waals surface area contributed by atoms with E-state index in [-0.39, 0.29) is 0 Å². The Hall–Kier alpha value is -1.55. The van der Waals surface area contributed by atoms with Gasteiger partial charge in [0.25, 0.3) is 0 Å². The molecule has 0 amide bonds. The molecule has 0 spiro atoms. The van der Waals surface area contributed by atoms with Crippen LogP contribution in [0.5, 0.6) is 0 Å². The summed E-state index contributed by atoms with van der Waals surface area (Å²) in [5.74, 6) is 0. The normalized spacial score (nSPS) is 21.7. The van der Waals surface area contributed by atoms with Crippen molar-refractivity contribution in [3.8, 4) is 0 Å². The molecule has 3 rings (SSSR count). The minimum Gasteiger partial charge on any atom is -0.367 e. The maximum absolute atomic E-state index is 4.46. The van der Waals surface area contributed by atoms with Crippen molar-refractivity contribution in [3.63, 3.8) is 0 Å². The summed E-state index contributed by atoms with van der Waals surface area (Å²) in [5.41, 5.74) is 1.32. The van der Waals surface area contributed by atoms with Crippen molar-refractivity contribution >= 4 is 22.2 Å². The van der Waals surface area contributed by atoms with Crippen LogP contribution in [0, 0.1) is 0 Å². The molecule has 0 radical (unpaired) electrons. The van der Waals surface area contributed by atoms with E-state index in [4.69, 9.17) is 0 Å². The highest BCUT2D eigenvalue weighted by molar-refractivity contribution is 7.13. The summed E-state index contributed by atoms with van der Waals surface area (Å²) in [6, 6.07) is 11.6. The maximum Gasteiger partial charge on any atom is 0.185 e. The molecule has 0 aliphatic carbocycles. The number of aromatic nitrogens is 1. The Balaban J connectivity index is 0.000000774. The Labute approximate surface area is 132 Å². The molecule has 1 aliphatic rings. The topological polar surface area (TPSA) is 19.4 Å². The van der Waals surface area contributed by atoms with Crippen LogP contribution in [0.4, 0.5) is 10.8 Å². The summed E-state index contributed by atoms with van der Waals surface area (Å²) in [4.78, 5) is 9.38. The van der Waals surface area contributed by atoms with Gasteiger partial charge in [0, 0.05) is 42.4 Å². The van der Waals surface area contributed by atoms with E-state index in [0.717, 1.165) is 18.2 Å². The van der Waals surface area contributed by atoms with E-state index in [9.17, 15) is 0 Å². The highest BCUT2D eigenvalue weighted by Crippen LogP contribution is 2.28. The lowest BCUT2D eigenvalue weighted by Gasteiger charge is -2.45. The van der Waals surface area contributed by atoms with Crippen LogP contribution in [-0.2, 0) is 0 Å². The van der Waals surface area contributed by atoms with Gasteiger partial charge in [-0.3, -0.25) is 0 Å². The van der Waals surface area contributed by atoms with Crippen molar-refractivity contribution in [2.45, 2.75) is 39.8 Å². The molecule has 1 aromatic carbocycles. The second kappa shape index (κ2) is 7.46. The quantitative estimate of drug-likeness (QED) is 0.826. The molecular formula is C17H25N3S. The molecule has 1 fully saturated rings. The zero-order valence-electron chi connectivity index (χ0n) is 13.4. The first kappa shape index (κ1) is 15.8. The first-order chi connectivity index (χ1) is 10.3. The molecule has 1 aromatic heterocycles. The third-order valence-electron chi connectivity index (χ3n) is 3.68. The summed E-state index contributed by atoms with van der Waals surface area (Å²) in [6.45, 7) is 10.7. The van der Waals surface area contributed by atoms with Crippen molar-refractivity contribution in [2.24, 2.45) is 0 Å². The minimum absolute atomic E-state index is 0.482. The molecule has 0 bridgehead atoms. The Morgan fingerprint density at radius 3 is 2.19 bits per heavy atom. The Morgan fingerprint density at radius 2 is 1.67 bits per heavy atom. The van der Waals surface area contributed by atoms with Gasteiger partial charge >= 0.3 is 0 Å². The van der Waals surface area contributed by atoms with Gasteiger partial charge < -0.3 is 9.80 Å². The second-order valence-corrected chi connectivity index (χ2v) is 6.03. The number of thiazole rings is 1. The average molecular weight is 303 g/mol. The Kier molecular flexibility index (Phi) is 5.62. The van der Waals surface area contributed by atoms with E-state index in [0.29, 0.717) is 12.1 Å². The van der Waals surface area contributed by atoms with Crippen LogP contribution in [0.1, 0.15) is 27.7 Å². The standard InChI is InChI=1S/C15H19N3S.C2H6/c1-12-10-17(14-6-4-3-5-7-14)11-13(2)18(12)15-16-8-9-19-15;1-2/h3-9,12-13H,10-11H2,1-2H3;1-2H3. The van der Waals surface area contributed by atoms with Crippen LogP contribution in [0.25, 0.3) is 0 Å². The molecule has 1 aliphatic heterocycles. The summed E-state index contributed by atoms with van der Waals surface area (Å²) >= 11 is 1.73. The highest BCUT2D eigenvalue weighted by Gasteiger charge is 2.30. The highest BCUT2D eigenvalue weighted by atomic mass is 32.1. The first-order valence-corrected chi connectivity index (χ1v) is 8.61. The molecule has 2 unspecified atom stereocenters. The van der Waals surface area contributed by atoms with Gasteiger partial charge in [-0.05, 0) is 26.0 Å². The largest absolute Gasteiger partial charge is 0.367 e. The minimum atomic E-state index is 0.482. The number of anilines is 2. The van der Waals surface area contributed by atoms with Gasteiger partial charge in [-0.2, -0.15) is 0 Å². The first-order valence-electron chi connectivity index (χ1n) is 7.73. The van der Waals surface area contributed by atoms with Gasteiger partial charge in [0.15, 0.2) is 5.13 Å². The molecule has 3 nitrogen and oxygen atoms in total. The van der Waals surface area contributed by atoms with Crippen LogP contribution in [0.2, 0.25) is 0 Å². The summed E-state index contributed by atoms with van der Waals surface area (Å²) < 4.78 is 0. The maximum atomic E-state index is 4.46. The third kappa shape index (κ3) is 3.56. The summed E-state index contributed by atoms with van der Waals surface area (Å²) in [7, 11) is 0. The van der Waals surface area contributed by atoms with Crippen LogP contribution >= 0.6 is 11.3 Å². The number of benzene rings is 1. The lowest BCUT2D eigenvalue weighted by molar-refractivity contribution is 0.474. The van der Waals surface area contributed by atoms with Crippen molar-refractivity contribution in [3.05, 3.63) is 41.9 Å². The molecular weight excluding hydrogens is 278 g/mol. The van der Waals surface area contributed by atoms with E-state index in [2.05, 4.69) is 64.3 Å². The van der Waals surface area contributed by atoms with E-state index in [1.54, 1.807) is 11.3 Å². The van der Waals surface area contributed by atoms with E-state index in [1.807, 2.05) is 20.0 Å². The van der Waals surface area contributed by atoms with Crippen LogP contribution < -0.4 is 9.80 Å². The molecule has 4 heteroatoms. The fraction of sp³-hybridized carbons (Fsp3) is 0.471. The van der Waals surface area contributed by atoms with Crippen molar-refractivity contribution in [2.75, 3.05) is 22.9 Å². The van der Waals surface area contributed by atoms with Gasteiger partial charge in [0.2, 0.25) is 0 Å². The fourth-order valence-corrected chi connectivity index (χ4v) is 3.74. The molecule has 0 N–H and O–H groups in total. The number of piperazine rings is 1. The third-order valence-corrected chi connectivity index (χ3v) is 4.47. The average Bonchev–Trinajstić information content (AvgIpc) is 3.03. The van der Waals surface area contributed by atoms with E-state index >= 15 is 0 Å². The van der Waals surface area contributed by atoms with Gasteiger partial charge in [-0.25, -0.2) is 4.98 Å². The Bertz CT molecular complexity index is 500. The predicted molar refractivity (Wildman–Crippen MR) is 93.5 cm³/mol. The predicted octanol–water partition coefficient (Wildman–Crippen LogP) is 4.27. The molecule has 21 heavy (non-hydrogen) atoms. The van der Waals surface area contributed by atoms with Gasteiger partial charge in [0.05, 0.1) is 0 Å². The monoisotopic (exact) mass is 303 g/mol. The number of nitrogens with zero attached hydrogens (tertiary/aromatic N) is 3. The molecule has 2 aromatic rings. The second-order valence-electron chi connectivity index (χ2n) is 5.16. The molecule has 2 atom stereocenters. The summed E-state index contributed by atoms with van der Waals surface area (Å²) in [6.07, 6.45) is 1.89. The fourth-order valence-electron chi connectivity index (χ4n) is 2.89. The smallest absolute Gasteiger partial charge is 0.185 e. The van der Waals surface area contributed by atoms with Gasteiger partial charge in [-0.15, -0.1) is 11.3 Å². The molecule has 2 heterocycles. The number of hydrogen-bond donors (Lipinski definition) is 0. The zero-order valence-corrected chi connectivity index (χ0v) is 14.2. The van der Waals surface area contributed by atoms with E-state index in [1.165, 1.54) is 5.69 Å².